The second-order valence-electron chi connectivity index (χ2n) is 4.55. The highest BCUT2D eigenvalue weighted by Crippen LogP contribution is 2.20. The smallest absolute Gasteiger partial charge is 0.249 e. The van der Waals surface area contributed by atoms with Crippen LogP contribution >= 0.6 is 11.3 Å². The van der Waals surface area contributed by atoms with Crippen molar-refractivity contribution in [1.29, 1.82) is 0 Å². The maximum absolute atomic E-state index is 12.2. The van der Waals surface area contributed by atoms with Gasteiger partial charge in [0.1, 0.15) is 6.04 Å². The zero-order valence-electron chi connectivity index (χ0n) is 11.5. The summed E-state index contributed by atoms with van der Waals surface area (Å²) in [5.74, 6) is 1.09. The molecule has 1 atom stereocenters. The van der Waals surface area contributed by atoms with E-state index < -0.39 is 0 Å². The first-order valence-corrected chi connectivity index (χ1v) is 6.90. The van der Waals surface area contributed by atoms with Crippen molar-refractivity contribution in [2.24, 2.45) is 0 Å². The number of hydrogen-bond acceptors (Lipinski definition) is 5. The second-order valence-corrected chi connectivity index (χ2v) is 5.92. The van der Waals surface area contributed by atoms with Crippen molar-refractivity contribution in [2.75, 3.05) is 7.05 Å². The molecule has 0 N–H and O–H groups in total. The number of likely N-dealkylation sites (N-methyl/N-ethyl adjacent to an activating group) is 1. The molecule has 102 valence electrons. The summed E-state index contributed by atoms with van der Waals surface area (Å²) in [6.45, 7) is 5.67. The van der Waals surface area contributed by atoms with Crippen LogP contribution in [-0.2, 0) is 11.2 Å². The van der Waals surface area contributed by atoms with Gasteiger partial charge in [0.15, 0.2) is 5.82 Å². The summed E-state index contributed by atoms with van der Waals surface area (Å²) in [4.78, 5) is 20.3. The number of carbonyl (C=O) groups excluding carboxylic acids is 1. The Morgan fingerprint density at radius 1 is 1.47 bits per heavy atom. The van der Waals surface area contributed by atoms with Gasteiger partial charge < -0.3 is 9.42 Å². The fraction of sp³-hybridized carbons (Fsp3) is 0.462. The van der Waals surface area contributed by atoms with Crippen LogP contribution < -0.4 is 0 Å². The van der Waals surface area contributed by atoms with Crippen LogP contribution in [0.4, 0.5) is 0 Å². The Bertz CT molecular complexity index is 576. The van der Waals surface area contributed by atoms with Gasteiger partial charge in [-0.25, -0.2) is 0 Å². The maximum atomic E-state index is 12.2. The van der Waals surface area contributed by atoms with Gasteiger partial charge in [-0.2, -0.15) is 4.98 Å². The van der Waals surface area contributed by atoms with E-state index >= 15 is 0 Å². The number of carbonyl (C=O) groups is 1. The Labute approximate surface area is 116 Å². The monoisotopic (exact) mass is 279 g/mol. The van der Waals surface area contributed by atoms with Gasteiger partial charge in [-0.15, -0.1) is 11.3 Å². The second kappa shape index (κ2) is 5.52. The zero-order valence-corrected chi connectivity index (χ0v) is 12.3. The van der Waals surface area contributed by atoms with E-state index in [4.69, 9.17) is 4.52 Å². The molecule has 0 saturated heterocycles. The van der Waals surface area contributed by atoms with Crippen LogP contribution in [0.25, 0.3) is 0 Å². The highest BCUT2D eigenvalue weighted by molar-refractivity contribution is 7.12. The summed E-state index contributed by atoms with van der Waals surface area (Å²) in [6, 6.07) is 3.81. The van der Waals surface area contributed by atoms with E-state index in [1.807, 2.05) is 26.0 Å². The quantitative estimate of drug-likeness (QED) is 0.863. The number of hydrogen-bond donors (Lipinski definition) is 0. The third kappa shape index (κ3) is 3.20. The molecule has 1 unspecified atom stereocenters. The maximum Gasteiger partial charge on any atom is 0.249 e. The highest BCUT2D eigenvalue weighted by Gasteiger charge is 2.22. The molecule has 0 spiro atoms. The lowest BCUT2D eigenvalue weighted by molar-refractivity contribution is -0.131. The van der Waals surface area contributed by atoms with Gasteiger partial charge in [-0.05, 0) is 32.9 Å². The minimum Gasteiger partial charge on any atom is -0.337 e. The molecule has 0 fully saturated rings. The number of thiophene rings is 1. The van der Waals surface area contributed by atoms with E-state index in [0.29, 0.717) is 18.1 Å². The van der Waals surface area contributed by atoms with Gasteiger partial charge in [-0.1, -0.05) is 5.16 Å². The first kappa shape index (κ1) is 13.7. The number of nitrogens with zero attached hydrogens (tertiary/aromatic N) is 3. The average molecular weight is 279 g/mol. The average Bonchev–Trinajstić information content (AvgIpc) is 2.96. The minimum absolute atomic E-state index is 0.0465. The lowest BCUT2D eigenvalue weighted by Gasteiger charge is -2.21. The van der Waals surface area contributed by atoms with Crippen LogP contribution in [0.2, 0.25) is 0 Å². The fourth-order valence-corrected chi connectivity index (χ4v) is 2.60. The van der Waals surface area contributed by atoms with Crippen LogP contribution in [0.5, 0.6) is 0 Å². The summed E-state index contributed by atoms with van der Waals surface area (Å²) in [5.41, 5.74) is 0. The van der Waals surface area contributed by atoms with Crippen molar-refractivity contribution in [3.05, 3.63) is 33.6 Å². The normalized spacial score (nSPS) is 12.4. The third-order valence-electron chi connectivity index (χ3n) is 3.00. The van der Waals surface area contributed by atoms with Crippen molar-refractivity contribution in [1.82, 2.24) is 15.0 Å². The van der Waals surface area contributed by atoms with Gasteiger partial charge in [0, 0.05) is 16.8 Å². The van der Waals surface area contributed by atoms with E-state index in [0.717, 1.165) is 4.88 Å². The molecule has 0 bridgehead atoms. The molecule has 19 heavy (non-hydrogen) atoms. The predicted molar refractivity (Wildman–Crippen MR) is 73.0 cm³/mol. The van der Waals surface area contributed by atoms with Crippen molar-refractivity contribution in [3.63, 3.8) is 0 Å². The Morgan fingerprint density at radius 2 is 2.21 bits per heavy atom. The number of aryl methyl sites for hydroxylation is 2. The molecule has 0 aromatic carbocycles. The number of aromatic nitrogens is 2. The van der Waals surface area contributed by atoms with Crippen molar-refractivity contribution < 1.29 is 9.32 Å². The molecule has 2 heterocycles. The molecule has 2 aromatic rings. The van der Waals surface area contributed by atoms with Crippen LogP contribution in [0.1, 0.15) is 34.4 Å². The largest absolute Gasteiger partial charge is 0.337 e. The molecular formula is C13H17N3O2S. The molecule has 0 aliphatic rings. The van der Waals surface area contributed by atoms with E-state index in [2.05, 4.69) is 10.1 Å². The molecule has 0 saturated carbocycles. The lowest BCUT2D eigenvalue weighted by atomic mass is 10.2. The Balaban J connectivity index is 2.02. The Morgan fingerprint density at radius 3 is 2.74 bits per heavy atom. The van der Waals surface area contributed by atoms with E-state index in [-0.39, 0.29) is 11.9 Å². The molecular weight excluding hydrogens is 262 g/mol. The van der Waals surface area contributed by atoms with Gasteiger partial charge in [0.25, 0.3) is 0 Å². The predicted octanol–water partition coefficient (Wildman–Crippen LogP) is 2.51. The molecule has 0 radical (unpaired) electrons. The summed E-state index contributed by atoms with van der Waals surface area (Å²) in [7, 11) is 1.76. The first-order valence-electron chi connectivity index (χ1n) is 6.08. The summed E-state index contributed by atoms with van der Waals surface area (Å²) < 4.78 is 5.10. The molecule has 0 aliphatic heterocycles. The van der Waals surface area contributed by atoms with Gasteiger partial charge >= 0.3 is 0 Å². The standard InChI is InChI=1S/C13H17N3O2S/c1-8-5-6-11(19-8)7-12(17)16(4)9(2)13-14-10(3)15-18-13/h5-6,9H,7H2,1-4H3. The molecule has 0 aliphatic carbocycles. The van der Waals surface area contributed by atoms with Gasteiger partial charge in [0.05, 0.1) is 6.42 Å². The Hall–Kier alpha value is -1.69. The number of amides is 1. The molecule has 1 amide bonds. The van der Waals surface area contributed by atoms with E-state index in [1.54, 1.807) is 30.2 Å². The number of rotatable bonds is 4. The fourth-order valence-electron chi connectivity index (χ4n) is 1.72. The van der Waals surface area contributed by atoms with Crippen LogP contribution in [0, 0.1) is 13.8 Å². The summed E-state index contributed by atoms with van der Waals surface area (Å²) >= 11 is 1.65. The van der Waals surface area contributed by atoms with Crippen LogP contribution in [0.15, 0.2) is 16.7 Å². The summed E-state index contributed by atoms with van der Waals surface area (Å²) in [6.07, 6.45) is 0.409. The van der Waals surface area contributed by atoms with Crippen molar-refractivity contribution >= 4 is 17.2 Å². The van der Waals surface area contributed by atoms with Gasteiger partial charge in [0.2, 0.25) is 11.8 Å². The topological polar surface area (TPSA) is 59.2 Å². The molecule has 2 rings (SSSR count). The van der Waals surface area contributed by atoms with E-state index in [9.17, 15) is 4.79 Å². The molecule has 2 aromatic heterocycles. The minimum atomic E-state index is -0.213. The summed E-state index contributed by atoms with van der Waals surface area (Å²) in [5, 5.41) is 3.74. The first-order chi connectivity index (χ1) is 8.97. The van der Waals surface area contributed by atoms with Crippen molar-refractivity contribution in [3.8, 4) is 0 Å². The molecule has 5 nitrogen and oxygen atoms in total. The van der Waals surface area contributed by atoms with Crippen LogP contribution in [-0.4, -0.2) is 28.0 Å². The third-order valence-corrected chi connectivity index (χ3v) is 4.00. The Kier molecular flexibility index (Phi) is 3.99. The lowest BCUT2D eigenvalue weighted by Crippen LogP contribution is -2.30. The van der Waals surface area contributed by atoms with Crippen LogP contribution in [0.3, 0.4) is 0 Å². The van der Waals surface area contributed by atoms with Crippen molar-refractivity contribution in [2.45, 2.75) is 33.2 Å². The highest BCUT2D eigenvalue weighted by atomic mass is 32.1. The molecule has 6 heteroatoms. The zero-order chi connectivity index (χ0) is 14.0. The van der Waals surface area contributed by atoms with Gasteiger partial charge in [-0.3, -0.25) is 4.79 Å². The van der Waals surface area contributed by atoms with E-state index in [1.165, 1.54) is 4.88 Å². The SMILES string of the molecule is Cc1noc(C(C)N(C)C(=O)Cc2ccc(C)s2)n1.